The SMILES string of the molecule is CN1C(=O)C(NC(=O)c2cn3c(-c4ccc(F)cc4F)csc3n2)COc2c(C#CC(C)(C)O)ccnc21. The minimum Gasteiger partial charge on any atom is -0.486 e. The number of aromatic nitrogens is 3. The molecule has 1 aliphatic rings. The maximum atomic E-state index is 14.4. The maximum Gasteiger partial charge on any atom is 0.272 e. The number of rotatable bonds is 3. The first-order valence-electron chi connectivity index (χ1n) is 11.4. The van der Waals surface area contributed by atoms with E-state index in [1.807, 2.05) is 0 Å². The van der Waals surface area contributed by atoms with Gasteiger partial charge in [-0.05, 0) is 32.0 Å². The largest absolute Gasteiger partial charge is 0.486 e. The molecule has 0 saturated carbocycles. The zero-order valence-electron chi connectivity index (χ0n) is 20.5. The summed E-state index contributed by atoms with van der Waals surface area (Å²) in [6.45, 7) is 2.89. The Bertz CT molecular complexity index is 1650. The summed E-state index contributed by atoms with van der Waals surface area (Å²) >= 11 is 1.18. The predicted molar refractivity (Wildman–Crippen MR) is 136 cm³/mol. The Kier molecular flexibility index (Phi) is 6.34. The molecular weight excluding hydrogens is 516 g/mol. The van der Waals surface area contributed by atoms with Crippen LogP contribution in [-0.4, -0.2) is 56.6 Å². The molecule has 5 rings (SSSR count). The van der Waals surface area contributed by atoms with Crippen molar-refractivity contribution in [3.8, 4) is 28.8 Å². The van der Waals surface area contributed by atoms with E-state index < -0.39 is 35.1 Å². The van der Waals surface area contributed by atoms with E-state index in [4.69, 9.17) is 4.74 Å². The Morgan fingerprint density at radius 1 is 1.32 bits per heavy atom. The lowest BCUT2D eigenvalue weighted by Gasteiger charge is -2.19. The molecular formula is C26H21F2N5O4S. The van der Waals surface area contributed by atoms with Gasteiger partial charge in [-0.15, -0.1) is 11.3 Å². The summed E-state index contributed by atoms with van der Waals surface area (Å²) in [7, 11) is 1.51. The van der Waals surface area contributed by atoms with Gasteiger partial charge >= 0.3 is 0 Å². The van der Waals surface area contributed by atoms with Crippen molar-refractivity contribution in [2.45, 2.75) is 25.5 Å². The number of pyridine rings is 1. The summed E-state index contributed by atoms with van der Waals surface area (Å²) in [5.41, 5.74) is -0.236. The minimum atomic E-state index is -1.24. The molecule has 0 spiro atoms. The number of anilines is 1. The molecule has 1 aromatic carbocycles. The second-order valence-corrected chi connectivity index (χ2v) is 9.91. The number of nitrogens with zero attached hydrogens (tertiary/aromatic N) is 4. The fourth-order valence-corrected chi connectivity index (χ4v) is 4.71. The zero-order chi connectivity index (χ0) is 27.2. The van der Waals surface area contributed by atoms with Crippen molar-refractivity contribution in [2.75, 3.05) is 18.6 Å². The number of carbonyl (C=O) groups excluding carboxylic acids is 2. The van der Waals surface area contributed by atoms with Crippen molar-refractivity contribution in [3.63, 3.8) is 0 Å². The van der Waals surface area contributed by atoms with Crippen molar-refractivity contribution >= 4 is 33.9 Å². The third-order valence-corrected chi connectivity index (χ3v) is 6.52. The van der Waals surface area contributed by atoms with Gasteiger partial charge in [0.05, 0.1) is 11.3 Å². The van der Waals surface area contributed by atoms with Crippen LogP contribution in [0.2, 0.25) is 0 Å². The van der Waals surface area contributed by atoms with E-state index in [2.05, 4.69) is 27.1 Å². The molecule has 1 aliphatic heterocycles. The minimum absolute atomic E-state index is 0.00712. The molecule has 1 unspecified atom stereocenters. The van der Waals surface area contributed by atoms with E-state index in [9.17, 15) is 23.5 Å². The van der Waals surface area contributed by atoms with Gasteiger partial charge in [-0.2, -0.15) is 0 Å². The molecule has 0 bridgehead atoms. The predicted octanol–water partition coefficient (Wildman–Crippen LogP) is 3.01. The number of hydrogen-bond acceptors (Lipinski definition) is 7. The fourth-order valence-electron chi connectivity index (χ4n) is 3.83. The first-order chi connectivity index (χ1) is 18.0. The molecule has 2 N–H and O–H groups in total. The number of halogens is 2. The van der Waals surface area contributed by atoms with Gasteiger partial charge in [0.25, 0.3) is 11.8 Å². The number of ether oxygens (including phenoxy) is 1. The maximum absolute atomic E-state index is 14.4. The van der Waals surface area contributed by atoms with Crippen LogP contribution in [0.5, 0.6) is 5.75 Å². The number of hydrogen-bond donors (Lipinski definition) is 2. The molecule has 0 radical (unpaired) electrons. The van der Waals surface area contributed by atoms with Crippen LogP contribution in [-0.2, 0) is 4.79 Å². The number of benzene rings is 1. The Morgan fingerprint density at radius 2 is 2.11 bits per heavy atom. The van der Waals surface area contributed by atoms with Gasteiger partial charge in [-0.3, -0.25) is 18.9 Å². The highest BCUT2D eigenvalue weighted by Crippen LogP contribution is 2.32. The summed E-state index contributed by atoms with van der Waals surface area (Å²) < 4.78 is 35.1. The number of likely N-dealkylation sites (N-methyl/N-ethyl adjacent to an activating group) is 1. The molecule has 2 amide bonds. The van der Waals surface area contributed by atoms with E-state index in [-0.39, 0.29) is 29.4 Å². The topological polar surface area (TPSA) is 109 Å². The van der Waals surface area contributed by atoms with Crippen molar-refractivity contribution in [2.24, 2.45) is 0 Å². The van der Waals surface area contributed by atoms with Crippen LogP contribution in [0.3, 0.4) is 0 Å². The first kappa shape index (κ1) is 25.3. The van der Waals surface area contributed by atoms with Crippen LogP contribution < -0.4 is 15.0 Å². The number of nitrogens with one attached hydrogen (secondary N) is 1. The quantitative estimate of drug-likeness (QED) is 0.389. The van der Waals surface area contributed by atoms with Gasteiger partial charge in [0.15, 0.2) is 16.5 Å². The second-order valence-electron chi connectivity index (χ2n) is 9.08. The highest BCUT2D eigenvalue weighted by molar-refractivity contribution is 7.15. The Hall–Kier alpha value is -4.34. The summed E-state index contributed by atoms with van der Waals surface area (Å²) in [6, 6.07) is 3.79. The van der Waals surface area contributed by atoms with Gasteiger partial charge in [-0.25, -0.2) is 18.7 Å². The van der Waals surface area contributed by atoms with Crippen LogP contribution in [0, 0.1) is 23.5 Å². The van der Waals surface area contributed by atoms with Crippen molar-refractivity contribution in [1.29, 1.82) is 0 Å². The van der Waals surface area contributed by atoms with Gasteiger partial charge in [0, 0.05) is 36.5 Å². The lowest BCUT2D eigenvalue weighted by Crippen LogP contribution is -2.49. The monoisotopic (exact) mass is 537 g/mol. The first-order valence-corrected chi connectivity index (χ1v) is 12.3. The third kappa shape index (κ3) is 4.81. The molecule has 38 heavy (non-hydrogen) atoms. The van der Waals surface area contributed by atoms with E-state index in [0.29, 0.717) is 16.2 Å². The number of aliphatic hydroxyl groups is 1. The van der Waals surface area contributed by atoms with Gasteiger partial charge in [0.1, 0.15) is 35.6 Å². The van der Waals surface area contributed by atoms with E-state index in [1.165, 1.54) is 46.1 Å². The fraction of sp³-hybridized carbons (Fsp3) is 0.231. The summed E-state index contributed by atoms with van der Waals surface area (Å²) in [4.78, 5) is 36.4. The number of fused-ring (bicyclic) bond motifs is 2. The second kappa shape index (κ2) is 9.51. The van der Waals surface area contributed by atoms with E-state index in [1.54, 1.807) is 25.3 Å². The van der Waals surface area contributed by atoms with Crippen LogP contribution in [0.25, 0.3) is 16.2 Å². The highest BCUT2D eigenvalue weighted by atomic mass is 32.1. The lowest BCUT2D eigenvalue weighted by atomic mass is 10.1. The summed E-state index contributed by atoms with van der Waals surface area (Å²) in [6.07, 6.45) is 2.89. The van der Waals surface area contributed by atoms with Crippen LogP contribution in [0.4, 0.5) is 14.6 Å². The zero-order valence-corrected chi connectivity index (χ0v) is 21.3. The normalized spacial score (nSPS) is 15.4. The van der Waals surface area contributed by atoms with Gasteiger partial charge in [0.2, 0.25) is 0 Å². The van der Waals surface area contributed by atoms with Gasteiger partial charge in [-0.1, -0.05) is 11.8 Å². The smallest absolute Gasteiger partial charge is 0.272 e. The average molecular weight is 538 g/mol. The van der Waals surface area contributed by atoms with Crippen molar-refractivity contribution in [3.05, 3.63) is 64.9 Å². The van der Waals surface area contributed by atoms with E-state index >= 15 is 0 Å². The Labute approximate surface area is 219 Å². The number of amides is 2. The lowest BCUT2D eigenvalue weighted by molar-refractivity contribution is -0.120. The number of carbonyl (C=O) groups is 2. The molecule has 0 saturated heterocycles. The average Bonchev–Trinajstić information content (AvgIpc) is 3.42. The van der Waals surface area contributed by atoms with Crippen LogP contribution in [0.1, 0.15) is 29.9 Å². The number of imidazole rings is 1. The molecule has 9 nitrogen and oxygen atoms in total. The molecule has 12 heteroatoms. The van der Waals surface area contributed by atoms with Crippen LogP contribution >= 0.6 is 11.3 Å². The molecule has 194 valence electrons. The highest BCUT2D eigenvalue weighted by Gasteiger charge is 2.33. The third-order valence-electron chi connectivity index (χ3n) is 5.68. The standard InChI is InChI=1S/C26H21F2N5O4S/c1-26(2,36)8-6-14-7-9-29-22-21(14)37-12-19(24(35)32(22)3)30-23(34)18-11-33-20(13-38-25(33)31-18)16-5-4-15(27)10-17(16)28/h4-5,7,9-11,13,19,36H,12H2,1-3H3,(H,30,34). The molecule has 3 aromatic heterocycles. The number of thiazole rings is 1. The molecule has 1 atom stereocenters. The molecule has 4 aromatic rings. The van der Waals surface area contributed by atoms with Crippen LogP contribution in [0.15, 0.2) is 42.0 Å². The van der Waals surface area contributed by atoms with Crippen molar-refractivity contribution in [1.82, 2.24) is 19.7 Å². The summed E-state index contributed by atoms with van der Waals surface area (Å²) in [5, 5.41) is 14.2. The molecule has 4 heterocycles. The van der Waals surface area contributed by atoms with Crippen molar-refractivity contribution < 1.29 is 28.2 Å². The molecule has 0 fully saturated rings. The molecule has 0 aliphatic carbocycles. The van der Waals surface area contributed by atoms with Gasteiger partial charge < -0.3 is 15.2 Å². The Balaban J connectivity index is 1.39. The summed E-state index contributed by atoms with van der Waals surface area (Å²) in [5.74, 6) is 3.49. The van der Waals surface area contributed by atoms with E-state index in [0.717, 1.165) is 12.1 Å². The Morgan fingerprint density at radius 3 is 2.84 bits per heavy atom.